The number of amides is 1. The van der Waals surface area contributed by atoms with Crippen LogP contribution in [0.1, 0.15) is 50.0 Å². The lowest BCUT2D eigenvalue weighted by atomic mass is 9.90. The number of rotatable bonds is 3. The summed E-state index contributed by atoms with van der Waals surface area (Å²) < 4.78 is 7.72. The van der Waals surface area contributed by atoms with Crippen molar-refractivity contribution in [2.75, 3.05) is 13.1 Å². The molecular formula is C22H26ClN3O2S. The van der Waals surface area contributed by atoms with Crippen molar-refractivity contribution in [1.29, 1.82) is 0 Å². The number of thiophene rings is 1. The standard InChI is InChI=1S/C22H26ClN3O2S/c1-22(2,3)28-21(27)25-10-6-15(7-11-25)17-13-26(14-19-18(23)8-12-29-19)20-16(17)5-4-9-24-20/h4-5,8-9,12-13,15H,6-7,10-11,14H2,1-3H3. The highest BCUT2D eigenvalue weighted by molar-refractivity contribution is 7.10. The first-order valence-electron chi connectivity index (χ1n) is 9.95. The molecule has 7 heteroatoms. The van der Waals surface area contributed by atoms with E-state index in [1.54, 1.807) is 11.3 Å². The number of nitrogens with zero attached hydrogens (tertiary/aromatic N) is 3. The fraction of sp³-hybridized carbons (Fsp3) is 0.455. The second-order valence-electron chi connectivity index (χ2n) is 8.52. The van der Waals surface area contributed by atoms with Crippen molar-refractivity contribution in [3.63, 3.8) is 0 Å². The number of hydrogen-bond donors (Lipinski definition) is 0. The molecule has 29 heavy (non-hydrogen) atoms. The van der Waals surface area contributed by atoms with Gasteiger partial charge in [-0.25, -0.2) is 9.78 Å². The van der Waals surface area contributed by atoms with Crippen LogP contribution in [0.2, 0.25) is 5.02 Å². The fourth-order valence-corrected chi connectivity index (χ4v) is 4.98. The Labute approximate surface area is 180 Å². The monoisotopic (exact) mass is 431 g/mol. The number of hydrogen-bond acceptors (Lipinski definition) is 4. The molecule has 0 N–H and O–H groups in total. The molecule has 0 unspecified atom stereocenters. The molecule has 3 aromatic heterocycles. The summed E-state index contributed by atoms with van der Waals surface area (Å²) in [6.07, 6.45) is 5.69. The van der Waals surface area contributed by atoms with Crippen molar-refractivity contribution < 1.29 is 9.53 Å². The van der Waals surface area contributed by atoms with Crippen molar-refractivity contribution in [3.05, 3.63) is 51.4 Å². The second kappa shape index (κ2) is 8.00. The third kappa shape index (κ3) is 4.43. The van der Waals surface area contributed by atoms with Crippen molar-refractivity contribution in [2.45, 2.75) is 51.7 Å². The summed E-state index contributed by atoms with van der Waals surface area (Å²) >= 11 is 7.98. The lowest BCUT2D eigenvalue weighted by molar-refractivity contribution is 0.0205. The Hall–Kier alpha value is -2.05. The van der Waals surface area contributed by atoms with E-state index in [0.29, 0.717) is 19.0 Å². The Bertz CT molecular complexity index is 1010. The lowest BCUT2D eigenvalue weighted by Crippen LogP contribution is -2.41. The van der Waals surface area contributed by atoms with Crippen LogP contribution < -0.4 is 0 Å². The summed E-state index contributed by atoms with van der Waals surface area (Å²) in [5.74, 6) is 0.403. The van der Waals surface area contributed by atoms with Gasteiger partial charge in [0.15, 0.2) is 0 Å². The van der Waals surface area contributed by atoms with Crippen molar-refractivity contribution in [3.8, 4) is 0 Å². The molecule has 0 radical (unpaired) electrons. The number of pyridine rings is 1. The topological polar surface area (TPSA) is 47.4 Å². The first-order chi connectivity index (χ1) is 13.8. The van der Waals surface area contributed by atoms with Gasteiger partial charge in [0.05, 0.1) is 11.6 Å². The summed E-state index contributed by atoms with van der Waals surface area (Å²) in [5.41, 5.74) is 1.84. The van der Waals surface area contributed by atoms with Crippen molar-refractivity contribution in [1.82, 2.24) is 14.5 Å². The van der Waals surface area contributed by atoms with E-state index in [0.717, 1.165) is 34.9 Å². The molecule has 5 nitrogen and oxygen atoms in total. The Balaban J connectivity index is 1.53. The van der Waals surface area contributed by atoms with E-state index < -0.39 is 5.60 Å². The fourth-order valence-electron chi connectivity index (χ4n) is 3.89. The quantitative estimate of drug-likeness (QED) is 0.517. The number of piperidine rings is 1. The van der Waals surface area contributed by atoms with Gasteiger partial charge in [-0.2, -0.15) is 0 Å². The Morgan fingerprint density at radius 1 is 1.31 bits per heavy atom. The largest absolute Gasteiger partial charge is 0.444 e. The highest BCUT2D eigenvalue weighted by Gasteiger charge is 2.29. The molecule has 4 heterocycles. The van der Waals surface area contributed by atoms with E-state index >= 15 is 0 Å². The normalized spacial score (nSPS) is 15.8. The Morgan fingerprint density at radius 3 is 2.72 bits per heavy atom. The summed E-state index contributed by atoms with van der Waals surface area (Å²) in [7, 11) is 0. The average Bonchev–Trinajstić information content (AvgIpc) is 3.25. The molecule has 0 bridgehead atoms. The van der Waals surface area contributed by atoms with E-state index in [1.807, 2.05) is 49.4 Å². The van der Waals surface area contributed by atoms with Crippen LogP contribution in [0.5, 0.6) is 0 Å². The first kappa shape index (κ1) is 20.2. The molecule has 1 amide bonds. The third-order valence-corrected chi connectivity index (χ3v) is 6.63. The van der Waals surface area contributed by atoms with Crippen LogP contribution in [0, 0.1) is 0 Å². The van der Waals surface area contributed by atoms with Crippen LogP contribution in [-0.4, -0.2) is 39.2 Å². The number of halogens is 1. The zero-order chi connectivity index (χ0) is 20.6. The van der Waals surface area contributed by atoms with Gasteiger partial charge in [-0.1, -0.05) is 11.6 Å². The molecule has 0 aliphatic carbocycles. The maximum atomic E-state index is 12.4. The van der Waals surface area contributed by atoms with Gasteiger partial charge in [0, 0.05) is 35.7 Å². The number of aromatic nitrogens is 2. The van der Waals surface area contributed by atoms with Gasteiger partial charge in [-0.3, -0.25) is 0 Å². The van der Waals surface area contributed by atoms with Crippen LogP contribution in [0.4, 0.5) is 4.79 Å². The van der Waals surface area contributed by atoms with Crippen LogP contribution >= 0.6 is 22.9 Å². The average molecular weight is 432 g/mol. The molecule has 0 spiro atoms. The SMILES string of the molecule is CC(C)(C)OC(=O)N1CCC(c2cn(Cc3sccc3Cl)c3ncccc23)CC1. The minimum Gasteiger partial charge on any atom is -0.444 e. The van der Waals surface area contributed by atoms with E-state index in [-0.39, 0.29) is 6.09 Å². The maximum Gasteiger partial charge on any atom is 0.410 e. The van der Waals surface area contributed by atoms with Crippen LogP contribution in [0.3, 0.4) is 0 Å². The van der Waals surface area contributed by atoms with Gasteiger partial charge in [0.2, 0.25) is 0 Å². The van der Waals surface area contributed by atoms with E-state index in [4.69, 9.17) is 16.3 Å². The minimum atomic E-state index is -0.462. The molecule has 154 valence electrons. The summed E-state index contributed by atoms with van der Waals surface area (Å²) in [4.78, 5) is 20.0. The summed E-state index contributed by atoms with van der Waals surface area (Å²) in [5, 5.41) is 4.01. The second-order valence-corrected chi connectivity index (χ2v) is 9.93. The molecular weight excluding hydrogens is 406 g/mol. The number of fused-ring (bicyclic) bond motifs is 1. The van der Waals surface area contributed by atoms with E-state index in [2.05, 4.69) is 21.8 Å². The Kier molecular flexibility index (Phi) is 5.58. The molecule has 0 atom stereocenters. The van der Waals surface area contributed by atoms with Crippen LogP contribution in [0.15, 0.2) is 36.0 Å². The van der Waals surface area contributed by atoms with E-state index in [9.17, 15) is 4.79 Å². The molecule has 1 saturated heterocycles. The van der Waals surface area contributed by atoms with Crippen molar-refractivity contribution >= 4 is 40.1 Å². The third-order valence-electron chi connectivity index (χ3n) is 5.26. The van der Waals surface area contributed by atoms with Crippen molar-refractivity contribution in [2.24, 2.45) is 0 Å². The van der Waals surface area contributed by atoms with Gasteiger partial charge in [-0.15, -0.1) is 11.3 Å². The summed E-state index contributed by atoms with van der Waals surface area (Å²) in [6.45, 7) is 7.85. The number of likely N-dealkylation sites (tertiary alicyclic amines) is 1. The van der Waals surface area contributed by atoms with Crippen LogP contribution in [-0.2, 0) is 11.3 Å². The van der Waals surface area contributed by atoms with Gasteiger partial charge in [-0.05, 0) is 68.7 Å². The predicted molar refractivity (Wildman–Crippen MR) is 118 cm³/mol. The van der Waals surface area contributed by atoms with E-state index in [1.165, 1.54) is 10.9 Å². The summed E-state index contributed by atoms with van der Waals surface area (Å²) in [6, 6.07) is 6.07. The van der Waals surface area contributed by atoms with Crippen LogP contribution in [0.25, 0.3) is 11.0 Å². The zero-order valence-electron chi connectivity index (χ0n) is 17.0. The zero-order valence-corrected chi connectivity index (χ0v) is 18.6. The Morgan fingerprint density at radius 2 is 2.07 bits per heavy atom. The molecule has 4 rings (SSSR count). The maximum absolute atomic E-state index is 12.4. The number of carbonyl (C=O) groups excluding carboxylic acids is 1. The van der Waals surface area contributed by atoms with Gasteiger partial charge < -0.3 is 14.2 Å². The number of ether oxygens (including phenoxy) is 1. The van der Waals surface area contributed by atoms with Gasteiger partial charge >= 0.3 is 6.09 Å². The highest BCUT2D eigenvalue weighted by Crippen LogP contribution is 2.35. The molecule has 1 aliphatic heterocycles. The molecule has 0 aromatic carbocycles. The molecule has 0 saturated carbocycles. The predicted octanol–water partition coefficient (Wildman–Crippen LogP) is 5.91. The molecule has 1 fully saturated rings. The smallest absolute Gasteiger partial charge is 0.410 e. The van der Waals surface area contributed by atoms with Gasteiger partial charge in [0.25, 0.3) is 0 Å². The number of carbonyl (C=O) groups is 1. The lowest BCUT2D eigenvalue weighted by Gasteiger charge is -2.33. The highest BCUT2D eigenvalue weighted by atomic mass is 35.5. The molecule has 1 aliphatic rings. The molecule has 3 aromatic rings. The minimum absolute atomic E-state index is 0.215. The first-order valence-corrected chi connectivity index (χ1v) is 11.2. The van der Waals surface area contributed by atoms with Gasteiger partial charge in [0.1, 0.15) is 11.2 Å².